The van der Waals surface area contributed by atoms with Crippen LogP contribution in [-0.2, 0) is 4.79 Å². The zero-order valence-corrected chi connectivity index (χ0v) is 15.5. The molecule has 0 aromatic carbocycles. The lowest BCUT2D eigenvalue weighted by molar-refractivity contribution is -0.137. The summed E-state index contributed by atoms with van der Waals surface area (Å²) in [5.41, 5.74) is 0. The normalized spacial score (nSPS) is 27.8. The molecule has 0 amide bonds. The Kier molecular flexibility index (Phi) is 11.0. The smallest absolute Gasteiger partial charge is 0.303 e. The largest absolute Gasteiger partial charge is 0.481 e. The highest BCUT2D eigenvalue weighted by Crippen LogP contribution is 2.37. The number of hydrogen-bond donors (Lipinski definition) is 4. The Bertz CT molecular complexity index is 396. The van der Waals surface area contributed by atoms with Gasteiger partial charge < -0.3 is 20.4 Å². The molecule has 0 radical (unpaired) electrons. The van der Waals surface area contributed by atoms with Crippen molar-refractivity contribution < 1.29 is 25.2 Å². The first kappa shape index (κ1) is 22.1. The molecule has 0 spiro atoms. The van der Waals surface area contributed by atoms with Crippen LogP contribution in [0.4, 0.5) is 0 Å². The average Bonchev–Trinajstić information content (AvgIpc) is 2.82. The summed E-state index contributed by atoms with van der Waals surface area (Å²) in [6.45, 7) is 2.13. The van der Waals surface area contributed by atoms with Gasteiger partial charge in [-0.25, -0.2) is 0 Å². The Morgan fingerprint density at radius 2 is 1.80 bits per heavy atom. The number of aliphatic carboxylic acids is 1. The van der Waals surface area contributed by atoms with Crippen molar-refractivity contribution >= 4 is 5.97 Å². The highest BCUT2D eigenvalue weighted by atomic mass is 16.4. The summed E-state index contributed by atoms with van der Waals surface area (Å²) >= 11 is 0. The molecule has 0 heterocycles. The van der Waals surface area contributed by atoms with Crippen molar-refractivity contribution in [2.45, 2.75) is 95.9 Å². The van der Waals surface area contributed by atoms with Crippen LogP contribution in [0.2, 0.25) is 0 Å². The number of hydrogen-bond acceptors (Lipinski definition) is 4. The van der Waals surface area contributed by atoms with Gasteiger partial charge >= 0.3 is 5.97 Å². The van der Waals surface area contributed by atoms with Gasteiger partial charge in [-0.15, -0.1) is 0 Å². The monoisotopic (exact) mass is 356 g/mol. The number of carbonyl (C=O) groups is 1. The molecule has 0 unspecified atom stereocenters. The second kappa shape index (κ2) is 12.4. The number of aliphatic hydroxyl groups is 3. The Morgan fingerprint density at radius 3 is 2.48 bits per heavy atom. The van der Waals surface area contributed by atoms with E-state index in [1.54, 1.807) is 6.08 Å². The number of aliphatic hydroxyl groups excluding tert-OH is 3. The summed E-state index contributed by atoms with van der Waals surface area (Å²) in [5.74, 6) is -0.833. The van der Waals surface area contributed by atoms with E-state index in [0.29, 0.717) is 12.8 Å². The molecule has 5 nitrogen and oxygen atoms in total. The van der Waals surface area contributed by atoms with E-state index in [9.17, 15) is 20.1 Å². The molecule has 1 saturated carbocycles. The van der Waals surface area contributed by atoms with Crippen LogP contribution in [0.3, 0.4) is 0 Å². The van der Waals surface area contributed by atoms with Gasteiger partial charge in [0.05, 0.1) is 18.3 Å². The Hall–Kier alpha value is -0.910. The molecule has 0 aromatic rings. The van der Waals surface area contributed by atoms with Crippen LogP contribution in [0.1, 0.15) is 77.6 Å². The molecule has 0 bridgehead atoms. The van der Waals surface area contributed by atoms with Gasteiger partial charge in [-0.3, -0.25) is 4.79 Å². The van der Waals surface area contributed by atoms with E-state index in [1.165, 1.54) is 0 Å². The van der Waals surface area contributed by atoms with E-state index in [0.717, 1.165) is 51.4 Å². The van der Waals surface area contributed by atoms with Crippen LogP contribution in [0, 0.1) is 11.8 Å². The molecule has 0 aliphatic heterocycles. The van der Waals surface area contributed by atoms with Crippen molar-refractivity contribution in [3.8, 4) is 0 Å². The van der Waals surface area contributed by atoms with E-state index >= 15 is 0 Å². The summed E-state index contributed by atoms with van der Waals surface area (Å²) in [4.78, 5) is 10.5. The maximum Gasteiger partial charge on any atom is 0.303 e. The van der Waals surface area contributed by atoms with Gasteiger partial charge in [0.2, 0.25) is 0 Å². The fourth-order valence-electron chi connectivity index (χ4n) is 3.74. The maximum absolute atomic E-state index is 10.5. The van der Waals surface area contributed by atoms with Crippen molar-refractivity contribution in [3.63, 3.8) is 0 Å². The average molecular weight is 357 g/mol. The van der Waals surface area contributed by atoms with Crippen molar-refractivity contribution in [1.29, 1.82) is 0 Å². The molecule has 25 heavy (non-hydrogen) atoms. The van der Waals surface area contributed by atoms with E-state index in [2.05, 4.69) is 6.92 Å². The van der Waals surface area contributed by atoms with Crippen molar-refractivity contribution in [2.75, 3.05) is 0 Å². The maximum atomic E-state index is 10.5. The van der Waals surface area contributed by atoms with Crippen LogP contribution in [0.5, 0.6) is 0 Å². The number of unbranched alkanes of at least 4 members (excludes halogenated alkanes) is 5. The number of carboxylic acid groups (broad SMARTS) is 1. The lowest BCUT2D eigenvalue weighted by Gasteiger charge is -2.21. The van der Waals surface area contributed by atoms with Gasteiger partial charge in [-0.1, -0.05) is 57.6 Å². The fraction of sp³-hybridized carbons (Fsp3) is 0.850. The Balaban J connectivity index is 2.38. The van der Waals surface area contributed by atoms with Crippen LogP contribution in [0.15, 0.2) is 12.2 Å². The number of carboxylic acids is 1. The van der Waals surface area contributed by atoms with Crippen LogP contribution >= 0.6 is 0 Å². The molecule has 0 aromatic heterocycles. The minimum absolute atomic E-state index is 0.0218. The molecule has 5 atom stereocenters. The van der Waals surface area contributed by atoms with E-state index in [1.807, 2.05) is 6.08 Å². The van der Waals surface area contributed by atoms with Crippen LogP contribution < -0.4 is 0 Å². The predicted octanol–water partition coefficient (Wildman–Crippen LogP) is 3.27. The molecule has 146 valence electrons. The lowest BCUT2D eigenvalue weighted by Crippen LogP contribution is -2.21. The van der Waals surface area contributed by atoms with Gasteiger partial charge in [-0.05, 0) is 25.2 Å². The minimum Gasteiger partial charge on any atom is -0.481 e. The standard InChI is InChI=1S/C20H36O5/c1-2-3-6-9-15(21)12-13-17-16(18(22)14-19(17)23)10-7-4-5-8-11-20(24)25/h12-13,15-19,21-23H,2-11,14H2,1H3,(H,24,25)/t15-,16+,17+,18+,19+/m0/s1. The highest BCUT2D eigenvalue weighted by Gasteiger charge is 2.39. The van der Waals surface area contributed by atoms with Gasteiger partial charge in [0.25, 0.3) is 0 Å². The van der Waals surface area contributed by atoms with Crippen molar-refractivity contribution in [2.24, 2.45) is 11.8 Å². The molecular weight excluding hydrogens is 320 g/mol. The lowest BCUT2D eigenvalue weighted by atomic mass is 9.88. The quantitative estimate of drug-likeness (QED) is 0.300. The minimum atomic E-state index is -0.753. The second-order valence-corrected chi connectivity index (χ2v) is 7.41. The van der Waals surface area contributed by atoms with Gasteiger partial charge in [0.15, 0.2) is 0 Å². The third kappa shape index (κ3) is 8.84. The first-order valence-corrected chi connectivity index (χ1v) is 9.90. The van der Waals surface area contributed by atoms with E-state index < -0.39 is 24.3 Å². The van der Waals surface area contributed by atoms with E-state index in [-0.39, 0.29) is 18.3 Å². The van der Waals surface area contributed by atoms with Gasteiger partial charge in [-0.2, -0.15) is 0 Å². The van der Waals surface area contributed by atoms with Crippen molar-refractivity contribution in [3.05, 3.63) is 12.2 Å². The van der Waals surface area contributed by atoms with Crippen LogP contribution in [-0.4, -0.2) is 44.7 Å². The fourth-order valence-corrected chi connectivity index (χ4v) is 3.74. The second-order valence-electron chi connectivity index (χ2n) is 7.41. The molecule has 4 N–H and O–H groups in total. The Labute approximate surface area is 151 Å². The van der Waals surface area contributed by atoms with Crippen LogP contribution in [0.25, 0.3) is 0 Å². The first-order valence-electron chi connectivity index (χ1n) is 9.90. The highest BCUT2D eigenvalue weighted by molar-refractivity contribution is 5.66. The topological polar surface area (TPSA) is 98.0 Å². The zero-order chi connectivity index (χ0) is 18.7. The number of rotatable bonds is 13. The summed E-state index contributed by atoms with van der Waals surface area (Å²) < 4.78 is 0. The predicted molar refractivity (Wildman–Crippen MR) is 98.2 cm³/mol. The summed E-state index contributed by atoms with van der Waals surface area (Å²) in [7, 11) is 0. The third-order valence-electron chi connectivity index (χ3n) is 5.25. The van der Waals surface area contributed by atoms with E-state index in [4.69, 9.17) is 5.11 Å². The molecule has 1 fully saturated rings. The molecule has 1 rings (SSSR count). The molecule has 1 aliphatic carbocycles. The SMILES string of the molecule is CCCCC[C@H](O)C=C[C@@H]1[C@@H](CCCCCCC(=O)O)[C@H](O)C[C@H]1O. The molecule has 1 aliphatic rings. The van der Waals surface area contributed by atoms with Crippen molar-refractivity contribution in [1.82, 2.24) is 0 Å². The summed E-state index contributed by atoms with van der Waals surface area (Å²) in [6, 6.07) is 0. The first-order chi connectivity index (χ1) is 12.0. The summed E-state index contributed by atoms with van der Waals surface area (Å²) in [5, 5.41) is 39.0. The molecule has 5 heteroatoms. The third-order valence-corrected chi connectivity index (χ3v) is 5.25. The van der Waals surface area contributed by atoms with Gasteiger partial charge in [0, 0.05) is 18.8 Å². The molecular formula is C20H36O5. The summed E-state index contributed by atoms with van der Waals surface area (Å²) in [6.07, 6.45) is 11.0. The molecule has 0 saturated heterocycles. The zero-order valence-electron chi connectivity index (χ0n) is 15.5. The van der Waals surface area contributed by atoms with Gasteiger partial charge in [0.1, 0.15) is 0 Å². The Morgan fingerprint density at radius 1 is 1.08 bits per heavy atom.